The molecule has 5 N–H and O–H groups in total. The van der Waals surface area contributed by atoms with Gasteiger partial charge in [-0.05, 0) is 12.2 Å². The van der Waals surface area contributed by atoms with E-state index in [1.807, 2.05) is 0 Å². The van der Waals surface area contributed by atoms with Gasteiger partial charge in [0.1, 0.15) is 17.2 Å². The fourth-order valence-corrected chi connectivity index (χ4v) is 4.28. The molecule has 2 aromatic heterocycles. The average Bonchev–Trinajstić information content (AvgIpc) is 3.39. The standard InChI is InChI=1S/C21H25F2N7O4/c1-24-17-5-16(26-13-3-2-4-29(20(13)33)11-6-21(22,23)7-11)28-18-12(8-25-30(17)18)19(32)27-14-9-34-10-15(14)31/h2-5,8,11,14-15,20,24,31,33H,6-7,9-10H2,1H3,(H,26,28)(H,27,32)/t14-,15+,20?/m0/s1. The number of allylic oxidation sites excluding steroid dienone is 2. The minimum atomic E-state index is -2.71. The van der Waals surface area contributed by atoms with E-state index in [2.05, 4.69) is 26.0 Å². The van der Waals surface area contributed by atoms with Gasteiger partial charge in [-0.3, -0.25) is 4.79 Å². The van der Waals surface area contributed by atoms with Crippen molar-refractivity contribution in [1.82, 2.24) is 24.8 Å². The predicted octanol–water partition coefficient (Wildman–Crippen LogP) is 0.502. The number of aliphatic hydroxyl groups excluding tert-OH is 2. The molecule has 182 valence electrons. The van der Waals surface area contributed by atoms with Gasteiger partial charge in [0.2, 0.25) is 0 Å². The van der Waals surface area contributed by atoms with Gasteiger partial charge in [0.25, 0.3) is 11.8 Å². The summed E-state index contributed by atoms with van der Waals surface area (Å²) in [5, 5.41) is 33.7. The molecular weight excluding hydrogens is 452 g/mol. The van der Waals surface area contributed by atoms with Crippen molar-refractivity contribution in [3.05, 3.63) is 41.9 Å². The Bertz CT molecular complexity index is 1160. The number of amides is 1. The number of nitrogens with one attached hydrogen (secondary N) is 3. The maximum absolute atomic E-state index is 13.3. The minimum Gasteiger partial charge on any atom is -0.388 e. The Morgan fingerprint density at radius 3 is 2.76 bits per heavy atom. The smallest absolute Gasteiger partial charge is 0.257 e. The molecule has 0 spiro atoms. The van der Waals surface area contributed by atoms with Crippen molar-refractivity contribution in [3.63, 3.8) is 0 Å². The van der Waals surface area contributed by atoms with Gasteiger partial charge in [-0.2, -0.15) is 9.61 Å². The lowest BCUT2D eigenvalue weighted by atomic mass is 9.86. The number of ether oxygens (including phenoxy) is 1. The van der Waals surface area contributed by atoms with E-state index >= 15 is 0 Å². The van der Waals surface area contributed by atoms with Gasteiger partial charge < -0.3 is 35.8 Å². The lowest BCUT2D eigenvalue weighted by molar-refractivity contribution is -0.136. The van der Waals surface area contributed by atoms with Crippen LogP contribution in [0.25, 0.3) is 5.65 Å². The number of aromatic nitrogens is 3. The summed E-state index contributed by atoms with van der Waals surface area (Å²) in [6.45, 7) is 0.356. The van der Waals surface area contributed by atoms with Gasteiger partial charge >= 0.3 is 0 Å². The first-order chi connectivity index (χ1) is 16.3. The van der Waals surface area contributed by atoms with E-state index in [-0.39, 0.29) is 37.3 Å². The molecule has 4 heterocycles. The van der Waals surface area contributed by atoms with Gasteiger partial charge in [0.05, 0.1) is 37.3 Å². The second-order valence-electron chi connectivity index (χ2n) is 8.58. The molecule has 3 aliphatic rings. The third-order valence-corrected chi connectivity index (χ3v) is 6.20. The molecule has 2 aromatic rings. The molecule has 0 radical (unpaired) electrons. The minimum absolute atomic E-state index is 0.150. The summed E-state index contributed by atoms with van der Waals surface area (Å²) in [6, 6.07) is 0.645. The number of carbonyl (C=O) groups excluding carboxylic acids is 1. The van der Waals surface area contributed by atoms with Crippen LogP contribution in [0.4, 0.5) is 20.4 Å². The second kappa shape index (κ2) is 8.49. The molecule has 5 rings (SSSR count). The summed E-state index contributed by atoms with van der Waals surface area (Å²) in [5.74, 6) is -2.34. The van der Waals surface area contributed by atoms with Crippen LogP contribution in [0.5, 0.6) is 0 Å². The van der Waals surface area contributed by atoms with E-state index in [0.717, 1.165) is 0 Å². The van der Waals surface area contributed by atoms with Crippen LogP contribution in [0.2, 0.25) is 0 Å². The number of fused-ring (bicyclic) bond motifs is 1. The molecule has 0 bridgehead atoms. The Kier molecular flexibility index (Phi) is 5.62. The Morgan fingerprint density at radius 1 is 1.29 bits per heavy atom. The molecule has 13 heteroatoms. The van der Waals surface area contributed by atoms with Crippen LogP contribution in [0.3, 0.4) is 0 Å². The van der Waals surface area contributed by atoms with Gasteiger partial charge in [-0.1, -0.05) is 0 Å². The highest BCUT2D eigenvalue weighted by molar-refractivity contribution is 6.00. The zero-order valence-electron chi connectivity index (χ0n) is 18.3. The Balaban J connectivity index is 1.38. The van der Waals surface area contributed by atoms with Crippen LogP contribution in [0.1, 0.15) is 23.2 Å². The fraction of sp³-hybridized carbons (Fsp3) is 0.476. The third-order valence-electron chi connectivity index (χ3n) is 6.20. The van der Waals surface area contributed by atoms with E-state index in [9.17, 15) is 23.8 Å². The molecule has 3 atom stereocenters. The molecule has 0 aromatic carbocycles. The van der Waals surface area contributed by atoms with Crippen molar-refractivity contribution in [2.75, 3.05) is 30.9 Å². The van der Waals surface area contributed by atoms with E-state index in [1.165, 1.54) is 15.6 Å². The predicted molar refractivity (Wildman–Crippen MR) is 117 cm³/mol. The summed E-state index contributed by atoms with van der Waals surface area (Å²) >= 11 is 0. The highest BCUT2D eigenvalue weighted by Crippen LogP contribution is 2.42. The van der Waals surface area contributed by atoms with Crippen molar-refractivity contribution in [2.24, 2.45) is 0 Å². The average molecular weight is 477 g/mol. The Hall–Kier alpha value is -3.29. The van der Waals surface area contributed by atoms with Gasteiger partial charge in [0.15, 0.2) is 11.9 Å². The number of nitrogens with zero attached hydrogens (tertiary/aromatic N) is 4. The summed E-state index contributed by atoms with van der Waals surface area (Å²) in [7, 11) is 1.68. The summed E-state index contributed by atoms with van der Waals surface area (Å²) in [5.41, 5.74) is 0.793. The molecule has 1 aliphatic carbocycles. The molecule has 1 saturated heterocycles. The Labute approximate surface area is 193 Å². The first-order valence-corrected chi connectivity index (χ1v) is 10.9. The number of hydrogen-bond acceptors (Lipinski definition) is 9. The zero-order chi connectivity index (χ0) is 24.0. The summed E-state index contributed by atoms with van der Waals surface area (Å²) < 4.78 is 33.3. The highest BCUT2D eigenvalue weighted by Gasteiger charge is 2.49. The number of carbonyl (C=O) groups is 1. The number of rotatable bonds is 6. The number of alkyl halides is 2. The molecule has 2 fully saturated rings. The van der Waals surface area contributed by atoms with Crippen molar-refractivity contribution >= 4 is 23.2 Å². The van der Waals surface area contributed by atoms with Gasteiger partial charge in [-0.15, -0.1) is 0 Å². The van der Waals surface area contributed by atoms with Crippen molar-refractivity contribution in [2.45, 2.75) is 43.2 Å². The first kappa shape index (κ1) is 22.5. The normalized spacial score (nSPS) is 26.3. The van der Waals surface area contributed by atoms with Gasteiger partial charge in [0, 0.05) is 38.2 Å². The maximum atomic E-state index is 13.3. The van der Waals surface area contributed by atoms with Crippen molar-refractivity contribution < 1.29 is 28.5 Å². The zero-order valence-corrected chi connectivity index (χ0v) is 18.3. The Morgan fingerprint density at radius 2 is 2.09 bits per heavy atom. The third kappa shape index (κ3) is 4.06. The summed E-state index contributed by atoms with van der Waals surface area (Å²) in [6.07, 6.45) is 3.68. The number of halogens is 2. The quantitative estimate of drug-likeness (QED) is 0.403. The molecule has 1 saturated carbocycles. The largest absolute Gasteiger partial charge is 0.388 e. The first-order valence-electron chi connectivity index (χ1n) is 10.9. The molecule has 1 unspecified atom stereocenters. The summed E-state index contributed by atoms with van der Waals surface area (Å²) in [4.78, 5) is 18.8. The second-order valence-corrected chi connectivity index (χ2v) is 8.58. The molecular formula is C21H25F2N7O4. The monoisotopic (exact) mass is 477 g/mol. The van der Waals surface area contributed by atoms with Gasteiger partial charge in [-0.25, -0.2) is 13.8 Å². The van der Waals surface area contributed by atoms with E-state index in [4.69, 9.17) is 4.74 Å². The number of aliphatic hydroxyl groups is 2. The van der Waals surface area contributed by atoms with Crippen molar-refractivity contribution in [1.29, 1.82) is 0 Å². The topological polar surface area (TPSA) is 136 Å². The van der Waals surface area contributed by atoms with Crippen LogP contribution >= 0.6 is 0 Å². The van der Waals surface area contributed by atoms with Crippen LogP contribution in [0, 0.1) is 0 Å². The molecule has 11 nitrogen and oxygen atoms in total. The van der Waals surface area contributed by atoms with E-state index in [0.29, 0.717) is 17.3 Å². The lowest BCUT2D eigenvalue weighted by Gasteiger charge is -2.45. The number of hydrogen-bond donors (Lipinski definition) is 5. The van der Waals surface area contributed by atoms with Crippen LogP contribution in [-0.4, -0.2) is 86.2 Å². The lowest BCUT2D eigenvalue weighted by Crippen LogP contribution is -2.53. The maximum Gasteiger partial charge on any atom is 0.257 e. The van der Waals surface area contributed by atoms with Crippen LogP contribution in [0.15, 0.2) is 36.3 Å². The molecule has 2 aliphatic heterocycles. The van der Waals surface area contributed by atoms with E-state index in [1.54, 1.807) is 31.5 Å². The fourth-order valence-electron chi connectivity index (χ4n) is 4.28. The SMILES string of the molecule is CNc1cc(NC2=CC=CN(C3CC(F)(F)C3)C2O)nc2c(C(=O)N[C@H]3COC[C@H]3O)cnn12. The highest BCUT2D eigenvalue weighted by atomic mass is 19.3. The molecule has 1 amide bonds. The van der Waals surface area contributed by atoms with Crippen LogP contribution in [-0.2, 0) is 4.74 Å². The van der Waals surface area contributed by atoms with Crippen molar-refractivity contribution in [3.8, 4) is 0 Å². The van der Waals surface area contributed by atoms with Crippen LogP contribution < -0.4 is 16.0 Å². The number of anilines is 2. The molecule has 34 heavy (non-hydrogen) atoms. The van der Waals surface area contributed by atoms with E-state index < -0.39 is 36.2 Å².